The van der Waals surface area contributed by atoms with E-state index in [2.05, 4.69) is 15.3 Å². The predicted octanol–water partition coefficient (Wildman–Crippen LogP) is 4.87. The van der Waals surface area contributed by atoms with E-state index in [0.717, 1.165) is 22.0 Å². The van der Waals surface area contributed by atoms with Gasteiger partial charge in [0.1, 0.15) is 5.82 Å². The molecule has 0 atom stereocenters. The fraction of sp³-hybridized carbons (Fsp3) is 0.0435. The number of benzene rings is 3. The van der Waals surface area contributed by atoms with Gasteiger partial charge in [-0.25, -0.2) is 14.4 Å². The van der Waals surface area contributed by atoms with Gasteiger partial charge in [-0.3, -0.25) is 14.2 Å². The van der Waals surface area contributed by atoms with Crippen LogP contribution in [0.25, 0.3) is 26.8 Å². The van der Waals surface area contributed by atoms with Gasteiger partial charge in [0.25, 0.3) is 5.56 Å². The number of fused-ring (bicyclic) bond motifs is 2. The largest absolute Gasteiger partial charge is 0.301 e. The van der Waals surface area contributed by atoms with Gasteiger partial charge in [0.15, 0.2) is 10.3 Å². The number of amides is 1. The number of nitrogens with one attached hydrogen (secondary N) is 1. The molecular formula is C23H15FN4O2S2. The minimum absolute atomic E-state index is 0.0297. The van der Waals surface area contributed by atoms with Crippen LogP contribution >= 0.6 is 23.1 Å². The van der Waals surface area contributed by atoms with E-state index >= 15 is 0 Å². The molecule has 5 rings (SSSR count). The van der Waals surface area contributed by atoms with Crippen LogP contribution in [0.1, 0.15) is 0 Å². The molecule has 9 heteroatoms. The quantitative estimate of drug-likeness (QED) is 0.298. The smallest absolute Gasteiger partial charge is 0.266 e. The van der Waals surface area contributed by atoms with Gasteiger partial charge in [0.2, 0.25) is 5.91 Å². The summed E-state index contributed by atoms with van der Waals surface area (Å²) in [6.07, 6.45) is 0. The molecule has 1 amide bonds. The molecule has 0 spiro atoms. The van der Waals surface area contributed by atoms with Gasteiger partial charge in [-0.2, -0.15) is 0 Å². The third-order valence-electron chi connectivity index (χ3n) is 4.70. The average Bonchev–Trinajstić information content (AvgIpc) is 3.21. The summed E-state index contributed by atoms with van der Waals surface area (Å²) < 4.78 is 15.8. The first-order chi connectivity index (χ1) is 15.6. The molecule has 2 heterocycles. The van der Waals surface area contributed by atoms with Gasteiger partial charge in [0.05, 0.1) is 32.6 Å². The molecule has 0 saturated carbocycles. The Labute approximate surface area is 189 Å². The molecule has 0 saturated heterocycles. The Hall–Kier alpha value is -3.56. The third-order valence-corrected chi connectivity index (χ3v) is 6.59. The number of carbonyl (C=O) groups is 1. The summed E-state index contributed by atoms with van der Waals surface area (Å²) in [7, 11) is 0. The Morgan fingerprint density at radius 1 is 0.969 bits per heavy atom. The summed E-state index contributed by atoms with van der Waals surface area (Å²) in [6.45, 7) is 0. The standard InChI is InChI=1S/C23H15FN4O2S2/c24-14-9-11-15(12-10-14)28-21(30)16-5-1-2-6-17(16)26-23(28)31-13-20(29)27-22-25-18-7-3-4-8-19(18)32-22/h1-12H,13H2,(H,25,27,29). The molecule has 0 unspecified atom stereocenters. The van der Waals surface area contributed by atoms with Crippen molar-refractivity contribution in [2.45, 2.75) is 5.16 Å². The highest BCUT2D eigenvalue weighted by molar-refractivity contribution is 7.99. The minimum atomic E-state index is -0.403. The second-order valence-corrected chi connectivity index (χ2v) is 8.83. The second kappa shape index (κ2) is 8.52. The van der Waals surface area contributed by atoms with Crippen molar-refractivity contribution in [3.05, 3.63) is 89.0 Å². The maximum Gasteiger partial charge on any atom is 0.266 e. The third kappa shape index (κ3) is 4.00. The Morgan fingerprint density at radius 3 is 2.47 bits per heavy atom. The number of hydrogen-bond acceptors (Lipinski definition) is 6. The van der Waals surface area contributed by atoms with Crippen LogP contribution < -0.4 is 10.9 Å². The maximum atomic E-state index is 13.4. The Bertz CT molecular complexity index is 1480. The summed E-state index contributed by atoms with van der Waals surface area (Å²) in [4.78, 5) is 34.7. The average molecular weight is 463 g/mol. The van der Waals surface area contributed by atoms with Crippen LogP contribution in [0.5, 0.6) is 0 Å². The molecule has 0 aliphatic carbocycles. The molecular weight excluding hydrogens is 447 g/mol. The number of carbonyl (C=O) groups excluding carboxylic acids is 1. The lowest BCUT2D eigenvalue weighted by Crippen LogP contribution is -2.23. The number of rotatable bonds is 5. The number of hydrogen-bond donors (Lipinski definition) is 1. The van der Waals surface area contributed by atoms with Crippen LogP contribution in [0.3, 0.4) is 0 Å². The van der Waals surface area contributed by atoms with E-state index in [1.165, 1.54) is 40.2 Å². The fourth-order valence-corrected chi connectivity index (χ4v) is 4.93. The van der Waals surface area contributed by atoms with Crippen molar-refractivity contribution < 1.29 is 9.18 Å². The van der Waals surface area contributed by atoms with E-state index in [1.54, 1.807) is 24.3 Å². The van der Waals surface area contributed by atoms with Gasteiger partial charge in [-0.15, -0.1) is 0 Å². The van der Waals surface area contributed by atoms with Crippen molar-refractivity contribution in [1.29, 1.82) is 0 Å². The molecule has 5 aromatic rings. The molecule has 158 valence electrons. The van der Waals surface area contributed by atoms with Gasteiger partial charge in [-0.1, -0.05) is 47.4 Å². The lowest BCUT2D eigenvalue weighted by atomic mass is 10.2. The first kappa shape index (κ1) is 20.3. The monoisotopic (exact) mass is 462 g/mol. The number of para-hydroxylation sites is 2. The van der Waals surface area contributed by atoms with Crippen molar-refractivity contribution in [3.63, 3.8) is 0 Å². The van der Waals surface area contributed by atoms with Crippen LogP contribution in [0.4, 0.5) is 9.52 Å². The highest BCUT2D eigenvalue weighted by atomic mass is 32.2. The fourth-order valence-electron chi connectivity index (χ4n) is 3.24. The number of anilines is 1. The van der Waals surface area contributed by atoms with Crippen molar-refractivity contribution in [3.8, 4) is 5.69 Å². The molecule has 2 aromatic heterocycles. The van der Waals surface area contributed by atoms with Crippen molar-refractivity contribution in [2.24, 2.45) is 0 Å². The van der Waals surface area contributed by atoms with Crippen LogP contribution in [-0.4, -0.2) is 26.2 Å². The van der Waals surface area contributed by atoms with Crippen molar-refractivity contribution in [1.82, 2.24) is 14.5 Å². The van der Waals surface area contributed by atoms with Crippen LogP contribution in [0.15, 0.2) is 82.7 Å². The summed E-state index contributed by atoms with van der Waals surface area (Å²) in [5, 5.41) is 4.11. The van der Waals surface area contributed by atoms with E-state index in [-0.39, 0.29) is 17.2 Å². The van der Waals surface area contributed by atoms with Gasteiger partial charge >= 0.3 is 0 Å². The summed E-state index contributed by atoms with van der Waals surface area (Å²) in [6, 6.07) is 20.2. The van der Waals surface area contributed by atoms with E-state index in [1.807, 2.05) is 24.3 Å². The van der Waals surface area contributed by atoms with Gasteiger partial charge in [0, 0.05) is 0 Å². The summed E-state index contributed by atoms with van der Waals surface area (Å²) >= 11 is 2.53. The lowest BCUT2D eigenvalue weighted by Gasteiger charge is -2.13. The SMILES string of the molecule is O=C(CSc1nc2ccccc2c(=O)n1-c1ccc(F)cc1)Nc1nc2ccccc2s1. The molecule has 0 radical (unpaired) electrons. The Kier molecular flexibility index (Phi) is 5.42. The predicted molar refractivity (Wildman–Crippen MR) is 126 cm³/mol. The maximum absolute atomic E-state index is 13.4. The second-order valence-electron chi connectivity index (χ2n) is 6.85. The lowest BCUT2D eigenvalue weighted by molar-refractivity contribution is -0.113. The van der Waals surface area contributed by atoms with Gasteiger partial charge in [-0.05, 0) is 48.5 Å². The molecule has 0 aliphatic heterocycles. The molecule has 1 N–H and O–H groups in total. The zero-order valence-corrected chi connectivity index (χ0v) is 18.1. The van der Waals surface area contributed by atoms with Crippen molar-refractivity contribution >= 4 is 55.3 Å². The zero-order chi connectivity index (χ0) is 22.1. The molecule has 6 nitrogen and oxygen atoms in total. The number of nitrogens with zero attached hydrogens (tertiary/aromatic N) is 3. The molecule has 0 fully saturated rings. The molecule has 32 heavy (non-hydrogen) atoms. The van der Waals surface area contributed by atoms with Crippen LogP contribution in [-0.2, 0) is 4.79 Å². The van der Waals surface area contributed by atoms with E-state index < -0.39 is 5.82 Å². The summed E-state index contributed by atoms with van der Waals surface area (Å²) in [5.41, 5.74) is 1.55. The number of thiazole rings is 1. The van der Waals surface area contributed by atoms with E-state index in [9.17, 15) is 14.0 Å². The first-order valence-electron chi connectivity index (χ1n) is 9.64. The summed E-state index contributed by atoms with van der Waals surface area (Å²) in [5.74, 6) is -0.635. The Morgan fingerprint density at radius 2 is 1.69 bits per heavy atom. The number of thioether (sulfide) groups is 1. The van der Waals surface area contributed by atoms with Crippen molar-refractivity contribution in [2.75, 3.05) is 11.1 Å². The molecule has 0 aliphatic rings. The Balaban J connectivity index is 1.44. The van der Waals surface area contributed by atoms with Crippen LogP contribution in [0, 0.1) is 5.82 Å². The van der Waals surface area contributed by atoms with Crippen LogP contribution in [0.2, 0.25) is 0 Å². The highest BCUT2D eigenvalue weighted by Gasteiger charge is 2.15. The first-order valence-corrected chi connectivity index (χ1v) is 11.4. The molecule has 0 bridgehead atoms. The number of aromatic nitrogens is 3. The van der Waals surface area contributed by atoms with E-state index in [4.69, 9.17) is 0 Å². The number of halogens is 1. The minimum Gasteiger partial charge on any atom is -0.301 e. The molecule has 3 aromatic carbocycles. The normalized spacial score (nSPS) is 11.2. The highest BCUT2D eigenvalue weighted by Crippen LogP contribution is 2.26. The zero-order valence-electron chi connectivity index (χ0n) is 16.5. The van der Waals surface area contributed by atoms with Gasteiger partial charge < -0.3 is 5.32 Å². The van der Waals surface area contributed by atoms with E-state index in [0.29, 0.717) is 26.9 Å². The topological polar surface area (TPSA) is 76.9 Å².